The lowest BCUT2D eigenvalue weighted by molar-refractivity contribution is 0.0931. The number of hydrogen-bond acceptors (Lipinski definition) is 2. The molecule has 1 unspecified atom stereocenters. The number of amides is 1. The van der Waals surface area contributed by atoms with E-state index in [1.807, 2.05) is 0 Å². The number of benzene rings is 1. The maximum Gasteiger partial charge on any atom is 0.254 e. The lowest BCUT2D eigenvalue weighted by atomic mass is 10.1. The topological polar surface area (TPSA) is 32.3 Å². The summed E-state index contributed by atoms with van der Waals surface area (Å²) in [5.74, 6) is -2.63. The Morgan fingerprint density at radius 1 is 1.42 bits per heavy atom. The highest BCUT2D eigenvalue weighted by atomic mass is 19.2. The van der Waals surface area contributed by atoms with Gasteiger partial charge in [-0.05, 0) is 32.4 Å². The number of nitrogens with one attached hydrogen (secondary N) is 1. The van der Waals surface area contributed by atoms with Crippen LogP contribution in [0.1, 0.15) is 30.6 Å². The van der Waals surface area contributed by atoms with E-state index in [2.05, 4.69) is 24.1 Å². The largest absolute Gasteiger partial charge is 0.348 e. The maximum absolute atomic E-state index is 13.5. The van der Waals surface area contributed by atoms with Crippen LogP contribution in [0.25, 0.3) is 0 Å². The van der Waals surface area contributed by atoms with Gasteiger partial charge in [0.2, 0.25) is 0 Å². The third-order valence-corrected chi connectivity index (χ3v) is 3.48. The van der Waals surface area contributed by atoms with Crippen molar-refractivity contribution >= 4 is 5.91 Å². The minimum absolute atomic E-state index is 0.00225. The molecule has 0 aromatic heterocycles. The molecule has 5 heteroatoms. The molecule has 0 spiro atoms. The Labute approximate surface area is 111 Å². The predicted octanol–water partition coefficient (Wildman–Crippen LogP) is 2.18. The molecule has 1 saturated heterocycles. The van der Waals surface area contributed by atoms with Crippen LogP contribution in [-0.2, 0) is 0 Å². The standard InChI is InChI=1S/C14H18F2N2O/c1-9(2)18-7-6-10(8-18)17-14(19)11-4-3-5-12(15)13(11)16/h3-5,9-10H,6-8H2,1-2H3,(H,17,19). The number of carbonyl (C=O) groups is 1. The molecule has 1 N–H and O–H groups in total. The van der Waals surface area contributed by atoms with Crippen molar-refractivity contribution in [3.05, 3.63) is 35.4 Å². The molecule has 104 valence electrons. The number of halogens is 2. The van der Waals surface area contributed by atoms with Crippen LogP contribution in [-0.4, -0.2) is 36.0 Å². The van der Waals surface area contributed by atoms with Crippen LogP contribution < -0.4 is 5.32 Å². The van der Waals surface area contributed by atoms with E-state index >= 15 is 0 Å². The fourth-order valence-electron chi connectivity index (χ4n) is 2.32. The van der Waals surface area contributed by atoms with Crippen molar-refractivity contribution in [1.82, 2.24) is 10.2 Å². The van der Waals surface area contributed by atoms with Crippen LogP contribution in [0.5, 0.6) is 0 Å². The van der Waals surface area contributed by atoms with E-state index in [0.29, 0.717) is 6.04 Å². The van der Waals surface area contributed by atoms with Gasteiger partial charge in [-0.2, -0.15) is 0 Å². The van der Waals surface area contributed by atoms with Crippen molar-refractivity contribution in [2.75, 3.05) is 13.1 Å². The summed E-state index contributed by atoms with van der Waals surface area (Å²) >= 11 is 0. The van der Waals surface area contributed by atoms with Crippen molar-refractivity contribution in [1.29, 1.82) is 0 Å². The first-order valence-electron chi connectivity index (χ1n) is 6.48. The highest BCUT2D eigenvalue weighted by Crippen LogP contribution is 2.15. The monoisotopic (exact) mass is 268 g/mol. The second kappa shape index (κ2) is 5.65. The number of nitrogens with zero attached hydrogens (tertiary/aromatic N) is 1. The molecule has 0 saturated carbocycles. The molecular formula is C14H18F2N2O. The van der Waals surface area contributed by atoms with Gasteiger partial charge in [-0.25, -0.2) is 8.78 Å². The Hall–Kier alpha value is -1.49. The normalized spacial score (nSPS) is 19.9. The van der Waals surface area contributed by atoms with Crippen molar-refractivity contribution in [3.8, 4) is 0 Å². The molecule has 1 aliphatic rings. The minimum Gasteiger partial charge on any atom is -0.348 e. The smallest absolute Gasteiger partial charge is 0.254 e. The van der Waals surface area contributed by atoms with Gasteiger partial charge >= 0.3 is 0 Å². The third-order valence-electron chi connectivity index (χ3n) is 3.48. The lowest BCUT2D eigenvalue weighted by Crippen LogP contribution is -2.38. The number of carbonyl (C=O) groups excluding carboxylic acids is 1. The summed E-state index contributed by atoms with van der Waals surface area (Å²) in [7, 11) is 0. The Morgan fingerprint density at radius 3 is 2.79 bits per heavy atom. The van der Waals surface area contributed by atoms with Gasteiger partial charge in [-0.3, -0.25) is 9.69 Å². The van der Waals surface area contributed by atoms with E-state index < -0.39 is 17.5 Å². The lowest BCUT2D eigenvalue weighted by Gasteiger charge is -2.20. The zero-order valence-electron chi connectivity index (χ0n) is 11.1. The molecule has 0 radical (unpaired) electrons. The molecule has 0 aliphatic carbocycles. The molecule has 1 aromatic rings. The Bertz CT molecular complexity index is 477. The molecule has 1 aromatic carbocycles. The first-order chi connectivity index (χ1) is 8.99. The van der Waals surface area contributed by atoms with E-state index in [4.69, 9.17) is 0 Å². The third kappa shape index (κ3) is 3.10. The van der Waals surface area contributed by atoms with Crippen molar-refractivity contribution in [3.63, 3.8) is 0 Å². The molecule has 1 heterocycles. The zero-order valence-corrected chi connectivity index (χ0v) is 11.1. The van der Waals surface area contributed by atoms with Crippen LogP contribution >= 0.6 is 0 Å². The van der Waals surface area contributed by atoms with Crippen LogP contribution in [0, 0.1) is 11.6 Å². The molecule has 2 rings (SSSR count). The van der Waals surface area contributed by atoms with E-state index in [1.165, 1.54) is 12.1 Å². The highest BCUT2D eigenvalue weighted by Gasteiger charge is 2.26. The molecule has 19 heavy (non-hydrogen) atoms. The minimum atomic E-state index is -1.08. The molecule has 1 atom stereocenters. The fraction of sp³-hybridized carbons (Fsp3) is 0.500. The van der Waals surface area contributed by atoms with Gasteiger partial charge in [0, 0.05) is 25.2 Å². The Morgan fingerprint density at radius 2 is 2.16 bits per heavy atom. The summed E-state index contributed by atoms with van der Waals surface area (Å²) in [6.07, 6.45) is 0.834. The van der Waals surface area contributed by atoms with Crippen LogP contribution in [0.4, 0.5) is 8.78 Å². The zero-order chi connectivity index (χ0) is 14.0. The second-order valence-corrected chi connectivity index (χ2v) is 5.15. The van der Waals surface area contributed by atoms with Crippen molar-refractivity contribution in [2.24, 2.45) is 0 Å². The molecule has 1 fully saturated rings. The predicted molar refractivity (Wildman–Crippen MR) is 68.9 cm³/mol. The highest BCUT2D eigenvalue weighted by molar-refractivity contribution is 5.94. The first kappa shape index (κ1) is 13.9. The summed E-state index contributed by atoms with van der Waals surface area (Å²) in [4.78, 5) is 14.2. The van der Waals surface area contributed by atoms with Gasteiger partial charge in [0.15, 0.2) is 11.6 Å². The number of hydrogen-bond donors (Lipinski definition) is 1. The first-order valence-corrected chi connectivity index (χ1v) is 6.48. The number of rotatable bonds is 3. The van der Waals surface area contributed by atoms with Gasteiger partial charge in [0.25, 0.3) is 5.91 Å². The van der Waals surface area contributed by atoms with E-state index in [9.17, 15) is 13.6 Å². The number of likely N-dealkylation sites (tertiary alicyclic amines) is 1. The molecule has 1 aliphatic heterocycles. The SMILES string of the molecule is CC(C)N1CCC(NC(=O)c2cccc(F)c2F)C1. The van der Waals surface area contributed by atoms with Crippen LogP contribution in [0.3, 0.4) is 0 Å². The van der Waals surface area contributed by atoms with Gasteiger partial charge in [-0.15, -0.1) is 0 Å². The Balaban J connectivity index is 2.01. The van der Waals surface area contributed by atoms with E-state index in [0.717, 1.165) is 25.6 Å². The van der Waals surface area contributed by atoms with Crippen LogP contribution in [0.2, 0.25) is 0 Å². The fourth-order valence-corrected chi connectivity index (χ4v) is 2.32. The summed E-state index contributed by atoms with van der Waals surface area (Å²) in [5.41, 5.74) is -0.233. The summed E-state index contributed by atoms with van der Waals surface area (Å²) in [6.45, 7) is 5.85. The van der Waals surface area contributed by atoms with Gasteiger partial charge in [0.05, 0.1) is 5.56 Å². The van der Waals surface area contributed by atoms with Crippen molar-refractivity contribution < 1.29 is 13.6 Å². The summed E-state index contributed by atoms with van der Waals surface area (Å²) < 4.78 is 26.5. The molecule has 0 bridgehead atoms. The molecular weight excluding hydrogens is 250 g/mol. The Kier molecular flexibility index (Phi) is 4.14. The maximum atomic E-state index is 13.5. The average molecular weight is 268 g/mol. The van der Waals surface area contributed by atoms with E-state index in [-0.39, 0.29) is 11.6 Å². The quantitative estimate of drug-likeness (QED) is 0.911. The van der Waals surface area contributed by atoms with Gasteiger partial charge in [-0.1, -0.05) is 6.07 Å². The second-order valence-electron chi connectivity index (χ2n) is 5.15. The van der Waals surface area contributed by atoms with Gasteiger partial charge in [0.1, 0.15) is 0 Å². The average Bonchev–Trinajstić information content (AvgIpc) is 2.81. The molecule has 1 amide bonds. The van der Waals surface area contributed by atoms with Crippen molar-refractivity contribution in [2.45, 2.75) is 32.4 Å². The summed E-state index contributed by atoms with van der Waals surface area (Å²) in [6, 6.07) is 4.05. The summed E-state index contributed by atoms with van der Waals surface area (Å²) in [5, 5.41) is 2.76. The van der Waals surface area contributed by atoms with Gasteiger partial charge < -0.3 is 5.32 Å². The molecule has 3 nitrogen and oxygen atoms in total. The van der Waals surface area contributed by atoms with E-state index in [1.54, 1.807) is 0 Å². The van der Waals surface area contributed by atoms with Crippen LogP contribution in [0.15, 0.2) is 18.2 Å².